The van der Waals surface area contributed by atoms with Crippen molar-refractivity contribution in [3.8, 4) is 0 Å². The van der Waals surface area contributed by atoms with Gasteiger partial charge in [0.05, 0.1) is 0 Å². The van der Waals surface area contributed by atoms with Gasteiger partial charge in [-0.25, -0.2) is 0 Å². The minimum Gasteiger partial charge on any atom is -0.0859 e. The van der Waals surface area contributed by atoms with Gasteiger partial charge in [-0.15, -0.1) is 0 Å². The van der Waals surface area contributed by atoms with Crippen molar-refractivity contribution in [1.82, 2.24) is 0 Å². The minimum absolute atomic E-state index is 1.28. The van der Waals surface area contributed by atoms with Crippen LogP contribution in [0.2, 0.25) is 0 Å². The van der Waals surface area contributed by atoms with Crippen LogP contribution in [0.1, 0.15) is 52.9 Å². The number of rotatable bonds is 5. The summed E-state index contributed by atoms with van der Waals surface area (Å²) in [5, 5.41) is 0. The van der Waals surface area contributed by atoms with E-state index in [0.29, 0.717) is 0 Å². The average Bonchev–Trinajstić information content (AvgIpc) is 1.87. The zero-order chi connectivity index (χ0) is 7.82. The van der Waals surface area contributed by atoms with Gasteiger partial charge in [-0.05, 0) is 26.7 Å². The zero-order valence-corrected chi connectivity index (χ0v) is 7.61. The highest BCUT2D eigenvalue weighted by Gasteiger charge is 1.84. The molecule has 0 aromatic heterocycles. The third kappa shape index (κ3) is 7.74. The van der Waals surface area contributed by atoms with Crippen LogP contribution in [0.4, 0.5) is 0 Å². The van der Waals surface area contributed by atoms with Crippen LogP contribution in [0.5, 0.6) is 0 Å². The van der Waals surface area contributed by atoms with E-state index in [-0.39, 0.29) is 0 Å². The summed E-state index contributed by atoms with van der Waals surface area (Å²) in [6.45, 7) is 6.58. The van der Waals surface area contributed by atoms with Crippen LogP contribution in [-0.4, -0.2) is 0 Å². The summed E-state index contributed by atoms with van der Waals surface area (Å²) in [6, 6.07) is 0. The Bertz CT molecular complexity index is 86.2. The van der Waals surface area contributed by atoms with Gasteiger partial charge < -0.3 is 0 Å². The highest BCUT2D eigenvalue weighted by atomic mass is 13.9. The molecule has 0 saturated carbocycles. The third-order valence-corrected chi connectivity index (χ3v) is 1.61. The van der Waals surface area contributed by atoms with E-state index in [1.54, 1.807) is 0 Å². The summed E-state index contributed by atoms with van der Waals surface area (Å²) >= 11 is 0. The highest BCUT2D eigenvalue weighted by molar-refractivity contribution is 4.92. The van der Waals surface area contributed by atoms with Crippen molar-refractivity contribution in [2.45, 2.75) is 52.9 Å². The molecule has 0 fully saturated rings. The molecule has 0 radical (unpaired) electrons. The maximum Gasteiger partial charge on any atom is -0.0348 e. The molecule has 0 saturated heterocycles. The molecule has 0 amide bonds. The van der Waals surface area contributed by atoms with Crippen molar-refractivity contribution in [3.05, 3.63) is 11.6 Å². The number of hydrogen-bond donors (Lipinski definition) is 0. The lowest BCUT2D eigenvalue weighted by Crippen LogP contribution is -1.74. The molecular weight excluding hydrogens is 120 g/mol. The van der Waals surface area contributed by atoms with E-state index in [1.807, 2.05) is 0 Å². The van der Waals surface area contributed by atoms with E-state index in [2.05, 4.69) is 26.8 Å². The molecule has 0 aliphatic rings. The maximum atomic E-state index is 2.33. The highest BCUT2D eigenvalue weighted by Crippen LogP contribution is 2.04. The van der Waals surface area contributed by atoms with E-state index >= 15 is 0 Å². The molecule has 0 heterocycles. The Morgan fingerprint density at radius 2 is 1.80 bits per heavy atom. The van der Waals surface area contributed by atoms with Crippen molar-refractivity contribution in [1.29, 1.82) is 0 Å². The van der Waals surface area contributed by atoms with Crippen LogP contribution in [0, 0.1) is 0 Å². The summed E-state index contributed by atoms with van der Waals surface area (Å²) in [7, 11) is 0. The third-order valence-electron chi connectivity index (χ3n) is 1.61. The summed E-state index contributed by atoms with van der Waals surface area (Å²) in [5.74, 6) is 0. The fraction of sp³-hybridized carbons (Fsp3) is 0.800. The Kier molecular flexibility index (Phi) is 6.68. The first-order valence-electron chi connectivity index (χ1n) is 4.40. The van der Waals surface area contributed by atoms with E-state index in [4.69, 9.17) is 0 Å². The summed E-state index contributed by atoms with van der Waals surface area (Å²) in [6.07, 6.45) is 9.13. The summed E-state index contributed by atoms with van der Waals surface area (Å²) in [4.78, 5) is 0. The molecule has 0 nitrogen and oxygen atoms in total. The lowest BCUT2D eigenvalue weighted by Gasteiger charge is -1.94. The predicted octanol–water partition coefficient (Wildman–Crippen LogP) is 3.92. The number of unbranched alkanes of at least 4 members (excludes halogenated alkanes) is 4. The molecule has 60 valence electrons. The van der Waals surface area contributed by atoms with Crippen LogP contribution >= 0.6 is 0 Å². The van der Waals surface area contributed by atoms with Crippen molar-refractivity contribution < 1.29 is 0 Å². The predicted molar refractivity (Wildman–Crippen MR) is 48.2 cm³/mol. The normalized spacial score (nSPS) is 9.50. The minimum atomic E-state index is 1.28. The lowest BCUT2D eigenvalue weighted by molar-refractivity contribution is 0.673. The van der Waals surface area contributed by atoms with Crippen LogP contribution in [0.25, 0.3) is 0 Å². The molecule has 0 aliphatic carbocycles. The van der Waals surface area contributed by atoms with Crippen molar-refractivity contribution in [2.24, 2.45) is 0 Å². The van der Waals surface area contributed by atoms with Crippen LogP contribution in [0.15, 0.2) is 11.6 Å². The van der Waals surface area contributed by atoms with E-state index in [9.17, 15) is 0 Å². The van der Waals surface area contributed by atoms with Crippen molar-refractivity contribution in [3.63, 3.8) is 0 Å². The zero-order valence-electron chi connectivity index (χ0n) is 7.61. The lowest BCUT2D eigenvalue weighted by atomic mass is 10.1. The quantitative estimate of drug-likeness (QED) is 0.401. The Hall–Kier alpha value is -0.260. The Morgan fingerprint density at radius 1 is 1.10 bits per heavy atom. The Labute approximate surface area is 65.3 Å². The van der Waals surface area contributed by atoms with Crippen molar-refractivity contribution >= 4 is 0 Å². The molecule has 0 aromatic carbocycles. The molecule has 0 aliphatic heterocycles. The first kappa shape index (κ1) is 9.74. The second-order valence-corrected chi connectivity index (χ2v) is 3.13. The smallest absolute Gasteiger partial charge is 0.0348 e. The van der Waals surface area contributed by atoms with Crippen LogP contribution in [-0.2, 0) is 0 Å². The molecule has 10 heavy (non-hydrogen) atoms. The van der Waals surface area contributed by atoms with Gasteiger partial charge in [0.15, 0.2) is 0 Å². The monoisotopic (exact) mass is 140 g/mol. The SMILES string of the molecule is CCCCCCC=C(C)C. The summed E-state index contributed by atoms with van der Waals surface area (Å²) < 4.78 is 0. The second kappa shape index (κ2) is 6.85. The molecule has 0 unspecified atom stereocenters. The number of hydrogen-bond acceptors (Lipinski definition) is 0. The fourth-order valence-corrected chi connectivity index (χ4v) is 0.962. The Morgan fingerprint density at radius 3 is 2.30 bits per heavy atom. The van der Waals surface area contributed by atoms with Gasteiger partial charge in [0.25, 0.3) is 0 Å². The summed E-state index contributed by atoms with van der Waals surface area (Å²) in [5.41, 5.74) is 1.46. The van der Waals surface area contributed by atoms with E-state index < -0.39 is 0 Å². The molecule has 0 aromatic rings. The molecule has 0 spiro atoms. The van der Waals surface area contributed by atoms with Gasteiger partial charge in [0.2, 0.25) is 0 Å². The maximum absolute atomic E-state index is 2.33. The topological polar surface area (TPSA) is 0 Å². The van der Waals surface area contributed by atoms with Gasteiger partial charge in [0, 0.05) is 0 Å². The first-order valence-corrected chi connectivity index (χ1v) is 4.40. The molecule has 0 bridgehead atoms. The van der Waals surface area contributed by atoms with Gasteiger partial charge in [0.1, 0.15) is 0 Å². The van der Waals surface area contributed by atoms with Crippen LogP contribution in [0.3, 0.4) is 0 Å². The van der Waals surface area contributed by atoms with Crippen molar-refractivity contribution in [2.75, 3.05) is 0 Å². The second-order valence-electron chi connectivity index (χ2n) is 3.13. The fourth-order valence-electron chi connectivity index (χ4n) is 0.962. The van der Waals surface area contributed by atoms with E-state index in [1.165, 1.54) is 37.7 Å². The Balaban J connectivity index is 2.98. The molecule has 0 atom stereocenters. The van der Waals surface area contributed by atoms with Gasteiger partial charge in [-0.1, -0.05) is 37.8 Å². The molecule has 0 heteroatoms. The van der Waals surface area contributed by atoms with E-state index in [0.717, 1.165) is 0 Å². The molecular formula is C10H20. The standard InChI is InChI=1S/C10H20/c1-4-5-6-7-8-9-10(2)3/h9H,4-8H2,1-3H3. The van der Waals surface area contributed by atoms with Gasteiger partial charge >= 0.3 is 0 Å². The van der Waals surface area contributed by atoms with Gasteiger partial charge in [-0.2, -0.15) is 0 Å². The largest absolute Gasteiger partial charge is 0.0859 e. The average molecular weight is 140 g/mol. The van der Waals surface area contributed by atoms with Gasteiger partial charge in [-0.3, -0.25) is 0 Å². The van der Waals surface area contributed by atoms with Crippen LogP contribution < -0.4 is 0 Å². The first-order chi connectivity index (χ1) is 4.77. The molecule has 0 rings (SSSR count). The number of allylic oxidation sites excluding steroid dienone is 2. The molecule has 0 N–H and O–H groups in total.